The molecule has 4 N–H and O–H groups in total. The van der Waals surface area contributed by atoms with Crippen molar-refractivity contribution in [2.45, 2.75) is 65.1 Å². The van der Waals surface area contributed by atoms with Crippen molar-refractivity contribution < 1.29 is 24.9 Å². The molecule has 6 nitrogen and oxygen atoms in total. The van der Waals surface area contributed by atoms with Crippen LogP contribution in [0.4, 0.5) is 0 Å². The van der Waals surface area contributed by atoms with Crippen LogP contribution >= 0.6 is 0 Å². The molecule has 35 heavy (non-hydrogen) atoms. The first kappa shape index (κ1) is 26.9. The molecule has 0 aromatic carbocycles. The van der Waals surface area contributed by atoms with Crippen LogP contribution in [0.25, 0.3) is 0 Å². The normalized spacial score (nSPS) is 28.8. The Morgan fingerprint density at radius 2 is 2.00 bits per heavy atom. The number of carboxylic acids is 1. The van der Waals surface area contributed by atoms with Gasteiger partial charge in [-0.05, 0) is 73.6 Å². The lowest BCUT2D eigenvalue weighted by molar-refractivity contribution is -0.139. The Morgan fingerprint density at radius 1 is 1.23 bits per heavy atom. The molecule has 0 amide bonds. The molecule has 1 saturated carbocycles. The number of carbonyl (C=O) groups is 2. The summed E-state index contributed by atoms with van der Waals surface area (Å²) in [7, 11) is 0. The zero-order valence-electron chi connectivity index (χ0n) is 20.9. The fraction of sp³-hybridized carbons (Fsp3) is 0.517. The lowest BCUT2D eigenvalue weighted by Crippen LogP contribution is -2.35. The third kappa shape index (κ3) is 6.71. The molecule has 2 aliphatic carbocycles. The lowest BCUT2D eigenvalue weighted by atomic mass is 9.67. The number of carbonyl (C=O) groups excluding carboxylic acids is 1. The first-order valence-electron chi connectivity index (χ1n) is 12.7. The fourth-order valence-electron chi connectivity index (χ4n) is 5.64. The molecular formula is C29H39NO5. The van der Waals surface area contributed by atoms with Crippen molar-refractivity contribution in [3.63, 3.8) is 0 Å². The topological polar surface area (TPSA) is 111 Å². The Kier molecular flexibility index (Phi) is 9.47. The molecule has 0 radical (unpaired) electrons. The molecule has 1 aromatic rings. The molecule has 190 valence electrons. The van der Waals surface area contributed by atoms with Crippen molar-refractivity contribution >= 4 is 11.8 Å². The summed E-state index contributed by atoms with van der Waals surface area (Å²) in [6.45, 7) is 6.12. The first-order valence-corrected chi connectivity index (χ1v) is 12.7. The Morgan fingerprint density at radius 3 is 2.66 bits per heavy atom. The number of H-pyrrole nitrogens is 1. The second-order valence-electron chi connectivity index (χ2n) is 10.1. The highest BCUT2D eigenvalue weighted by Gasteiger charge is 2.45. The van der Waals surface area contributed by atoms with Gasteiger partial charge in [0.2, 0.25) is 0 Å². The van der Waals surface area contributed by atoms with Crippen LogP contribution in [0.3, 0.4) is 0 Å². The second kappa shape index (κ2) is 12.3. The van der Waals surface area contributed by atoms with E-state index in [0.717, 1.165) is 24.0 Å². The summed E-state index contributed by atoms with van der Waals surface area (Å²) in [5.41, 5.74) is 2.27. The maximum absolute atomic E-state index is 13.6. The molecule has 3 rings (SSSR count). The Labute approximate surface area is 208 Å². The maximum Gasteiger partial charge on any atom is 0.305 e. The summed E-state index contributed by atoms with van der Waals surface area (Å²) < 4.78 is 0. The smallest absolute Gasteiger partial charge is 0.305 e. The number of carboxylic acid groups (broad SMARTS) is 1. The molecule has 0 bridgehead atoms. The summed E-state index contributed by atoms with van der Waals surface area (Å²) >= 11 is 0. The van der Waals surface area contributed by atoms with E-state index < -0.39 is 18.2 Å². The maximum atomic E-state index is 13.6. The van der Waals surface area contributed by atoms with Gasteiger partial charge < -0.3 is 20.3 Å². The molecule has 6 heteroatoms. The van der Waals surface area contributed by atoms with Crippen molar-refractivity contribution in [1.29, 1.82) is 0 Å². The number of fused-ring (bicyclic) bond motifs is 1. The van der Waals surface area contributed by atoms with Crippen molar-refractivity contribution in [1.82, 2.24) is 4.98 Å². The Balaban J connectivity index is 1.79. The van der Waals surface area contributed by atoms with Gasteiger partial charge in [0.15, 0.2) is 5.78 Å². The van der Waals surface area contributed by atoms with Gasteiger partial charge in [-0.2, -0.15) is 0 Å². The number of aliphatic hydroxyl groups is 2. The van der Waals surface area contributed by atoms with Gasteiger partial charge in [0.25, 0.3) is 0 Å². The van der Waals surface area contributed by atoms with E-state index in [1.807, 2.05) is 26.0 Å². The number of allylic oxidation sites excluding steroid dienone is 5. The average Bonchev–Trinajstić information content (AvgIpc) is 3.49. The molecule has 7 atom stereocenters. The number of Topliss-reactive ketones (excluding diaryl/α,β-unsaturated/α-hetero) is 1. The zero-order chi connectivity index (χ0) is 25.5. The van der Waals surface area contributed by atoms with Crippen LogP contribution in [-0.4, -0.2) is 44.3 Å². The highest BCUT2D eigenvalue weighted by Crippen LogP contribution is 2.49. The molecule has 2 aliphatic rings. The minimum absolute atomic E-state index is 0.0727. The number of ketones is 1. The van der Waals surface area contributed by atoms with E-state index in [9.17, 15) is 19.8 Å². The van der Waals surface area contributed by atoms with Crippen LogP contribution in [0, 0.1) is 29.6 Å². The van der Waals surface area contributed by atoms with Crippen LogP contribution in [0.2, 0.25) is 0 Å². The highest BCUT2D eigenvalue weighted by molar-refractivity contribution is 5.97. The number of aliphatic hydroxyl groups excluding tert-OH is 2. The van der Waals surface area contributed by atoms with Gasteiger partial charge in [-0.25, -0.2) is 0 Å². The van der Waals surface area contributed by atoms with Crippen molar-refractivity contribution in [2.24, 2.45) is 29.6 Å². The minimum Gasteiger partial charge on any atom is -0.481 e. The molecular weight excluding hydrogens is 442 g/mol. The second-order valence-corrected chi connectivity index (χ2v) is 10.1. The SMILES string of the molecule is CC/C(=C\C1C=C[C@H]2[C@@H](CC[C@@H]2C)[C@@H]1C(=O)c1ccc[nH]1)C(O)/C(C)=C/C=C\CC(O)CC(=O)O. The highest BCUT2D eigenvalue weighted by atomic mass is 16.4. The molecule has 0 saturated heterocycles. The molecule has 1 fully saturated rings. The van der Waals surface area contributed by atoms with Gasteiger partial charge in [0, 0.05) is 18.0 Å². The van der Waals surface area contributed by atoms with Gasteiger partial charge in [0.1, 0.15) is 0 Å². The van der Waals surface area contributed by atoms with Gasteiger partial charge in [0.05, 0.1) is 24.3 Å². The van der Waals surface area contributed by atoms with E-state index in [0.29, 0.717) is 29.9 Å². The third-order valence-electron chi connectivity index (χ3n) is 7.62. The van der Waals surface area contributed by atoms with Crippen LogP contribution < -0.4 is 0 Å². The van der Waals surface area contributed by atoms with Gasteiger partial charge in [-0.3, -0.25) is 9.59 Å². The molecule has 1 heterocycles. The summed E-state index contributed by atoms with van der Waals surface area (Å²) in [6, 6.07) is 3.70. The minimum atomic E-state index is -1.03. The van der Waals surface area contributed by atoms with E-state index in [4.69, 9.17) is 5.11 Å². The third-order valence-corrected chi connectivity index (χ3v) is 7.62. The van der Waals surface area contributed by atoms with Crippen molar-refractivity contribution in [3.05, 3.63) is 71.6 Å². The number of rotatable bonds is 11. The number of aliphatic carboxylic acids is 1. The van der Waals surface area contributed by atoms with Gasteiger partial charge in [-0.1, -0.05) is 50.3 Å². The van der Waals surface area contributed by atoms with E-state index in [2.05, 4.69) is 30.1 Å². The van der Waals surface area contributed by atoms with Crippen LogP contribution in [0.15, 0.2) is 65.9 Å². The van der Waals surface area contributed by atoms with E-state index in [-0.39, 0.29) is 30.5 Å². The van der Waals surface area contributed by atoms with Gasteiger partial charge in [-0.15, -0.1) is 0 Å². The lowest BCUT2D eigenvalue weighted by Gasteiger charge is -2.36. The van der Waals surface area contributed by atoms with Gasteiger partial charge >= 0.3 is 5.97 Å². The number of aromatic nitrogens is 1. The van der Waals surface area contributed by atoms with Crippen molar-refractivity contribution in [2.75, 3.05) is 0 Å². The number of nitrogens with one attached hydrogen (secondary N) is 1. The number of aromatic amines is 1. The van der Waals surface area contributed by atoms with E-state index in [1.54, 1.807) is 24.4 Å². The molecule has 3 unspecified atom stereocenters. The number of hydrogen-bond donors (Lipinski definition) is 4. The summed E-state index contributed by atoms with van der Waals surface area (Å²) in [5, 5.41) is 29.5. The van der Waals surface area contributed by atoms with Crippen LogP contribution in [0.5, 0.6) is 0 Å². The predicted molar refractivity (Wildman–Crippen MR) is 137 cm³/mol. The molecule has 0 aliphatic heterocycles. The Hall–Kier alpha value is -2.70. The summed E-state index contributed by atoms with van der Waals surface area (Å²) in [5.74, 6) is 0.181. The Bertz CT molecular complexity index is 987. The predicted octanol–water partition coefficient (Wildman–Crippen LogP) is 5.09. The number of hydrogen-bond acceptors (Lipinski definition) is 4. The standard InChI is InChI=1S/C29H39NO5/c1-4-20(28(34)19(3)8-5-6-9-22(31)17-26(32)33)16-21-12-14-23-18(2)11-13-24(23)27(21)29(35)25-10-7-15-30-25/h5-8,10,12,14-16,18,21-24,27-28,30-31,34H,4,9,11,13,17H2,1-3H3,(H,32,33)/b6-5-,19-8+,20-16+/t18-,21?,22?,23+,24+,27+,28?/m0/s1. The first-order chi connectivity index (χ1) is 16.7. The average molecular weight is 482 g/mol. The van der Waals surface area contributed by atoms with E-state index in [1.165, 1.54) is 0 Å². The van der Waals surface area contributed by atoms with Crippen molar-refractivity contribution in [3.8, 4) is 0 Å². The largest absolute Gasteiger partial charge is 0.481 e. The van der Waals surface area contributed by atoms with Crippen LogP contribution in [0.1, 0.15) is 63.4 Å². The summed E-state index contributed by atoms with van der Waals surface area (Å²) in [4.78, 5) is 27.3. The van der Waals surface area contributed by atoms with E-state index >= 15 is 0 Å². The summed E-state index contributed by atoms with van der Waals surface area (Å²) in [6.07, 6.45) is 14.6. The fourth-order valence-corrected chi connectivity index (χ4v) is 5.64. The zero-order valence-corrected chi connectivity index (χ0v) is 20.9. The molecule has 1 aromatic heterocycles. The quantitative estimate of drug-likeness (QED) is 0.200. The van der Waals surface area contributed by atoms with Crippen LogP contribution in [-0.2, 0) is 4.79 Å². The molecule has 0 spiro atoms. The monoisotopic (exact) mass is 481 g/mol.